The van der Waals surface area contributed by atoms with E-state index in [-0.39, 0.29) is 5.91 Å². The summed E-state index contributed by atoms with van der Waals surface area (Å²) in [6.07, 6.45) is 0. The Morgan fingerprint density at radius 2 is 1.79 bits per heavy atom. The highest BCUT2D eigenvalue weighted by molar-refractivity contribution is 7.98. The van der Waals surface area contributed by atoms with Gasteiger partial charge in [0.15, 0.2) is 0 Å². The number of amides is 1. The van der Waals surface area contributed by atoms with Crippen molar-refractivity contribution in [2.75, 3.05) is 12.4 Å². The van der Waals surface area contributed by atoms with E-state index in [1.165, 1.54) is 10.5 Å². The Hall–Kier alpha value is -2.43. The first kappa shape index (κ1) is 20.3. The highest BCUT2D eigenvalue weighted by Crippen LogP contribution is 2.29. The van der Waals surface area contributed by atoms with Gasteiger partial charge >= 0.3 is 0 Å². The molecule has 0 heterocycles. The molecule has 0 unspecified atom stereocenters. The maximum absolute atomic E-state index is 12.7. The number of carbonyl (C=O) groups excluding carboxylic acids is 1. The van der Waals surface area contributed by atoms with Crippen molar-refractivity contribution in [3.8, 4) is 5.75 Å². The van der Waals surface area contributed by atoms with Crippen LogP contribution in [0.2, 0.25) is 5.02 Å². The zero-order chi connectivity index (χ0) is 20.1. The lowest BCUT2D eigenvalue weighted by Crippen LogP contribution is -2.12. The summed E-state index contributed by atoms with van der Waals surface area (Å²) in [6, 6.07) is 19.4. The summed E-state index contributed by atoms with van der Waals surface area (Å²) in [5.74, 6) is 1.31. The molecule has 1 N–H and O–H groups in total. The number of hydrogen-bond donors (Lipinski definition) is 1. The minimum atomic E-state index is -0.177. The van der Waals surface area contributed by atoms with Crippen LogP contribution in [-0.4, -0.2) is 13.0 Å². The topological polar surface area (TPSA) is 38.3 Å². The van der Waals surface area contributed by atoms with Crippen LogP contribution in [0.4, 0.5) is 5.69 Å². The van der Waals surface area contributed by atoms with Crippen molar-refractivity contribution >= 4 is 35.0 Å². The van der Waals surface area contributed by atoms with Gasteiger partial charge in [0, 0.05) is 32.5 Å². The van der Waals surface area contributed by atoms with E-state index >= 15 is 0 Å². The molecular formula is C23H22ClNO2S. The number of hydrogen-bond acceptors (Lipinski definition) is 3. The predicted octanol–water partition coefficient (Wildman–Crippen LogP) is 6.51. The highest BCUT2D eigenvalue weighted by atomic mass is 35.5. The van der Waals surface area contributed by atoms with Crippen LogP contribution < -0.4 is 10.1 Å². The Bertz CT molecular complexity index is 986. The first-order valence-electron chi connectivity index (χ1n) is 8.90. The lowest BCUT2D eigenvalue weighted by molar-refractivity contribution is 0.102. The lowest BCUT2D eigenvalue weighted by Gasteiger charge is -2.12. The average Bonchev–Trinajstić information content (AvgIpc) is 2.70. The van der Waals surface area contributed by atoms with Crippen molar-refractivity contribution in [1.29, 1.82) is 0 Å². The number of halogens is 1. The van der Waals surface area contributed by atoms with Gasteiger partial charge in [-0.15, -0.1) is 11.8 Å². The van der Waals surface area contributed by atoms with E-state index in [0.717, 1.165) is 16.9 Å². The molecule has 0 aliphatic heterocycles. The van der Waals surface area contributed by atoms with Gasteiger partial charge in [0.05, 0.1) is 7.11 Å². The van der Waals surface area contributed by atoms with E-state index < -0.39 is 0 Å². The average molecular weight is 412 g/mol. The Morgan fingerprint density at radius 1 is 1.04 bits per heavy atom. The molecule has 0 saturated carbocycles. The SMILES string of the molecule is COc1ccc(C(=O)Nc2ccc(C)c(Cl)c2)cc1CSc1ccc(C)cc1. The van der Waals surface area contributed by atoms with Gasteiger partial charge in [0.2, 0.25) is 0 Å². The van der Waals surface area contributed by atoms with Crippen molar-refractivity contribution in [2.45, 2.75) is 24.5 Å². The van der Waals surface area contributed by atoms with Gasteiger partial charge < -0.3 is 10.1 Å². The van der Waals surface area contributed by atoms with Crippen LogP contribution in [0, 0.1) is 13.8 Å². The van der Waals surface area contributed by atoms with E-state index in [4.69, 9.17) is 16.3 Å². The monoisotopic (exact) mass is 411 g/mol. The molecule has 0 saturated heterocycles. The zero-order valence-corrected chi connectivity index (χ0v) is 17.7. The van der Waals surface area contributed by atoms with Crippen LogP contribution in [0.5, 0.6) is 5.75 Å². The summed E-state index contributed by atoms with van der Waals surface area (Å²) >= 11 is 7.86. The smallest absolute Gasteiger partial charge is 0.255 e. The number of thioether (sulfide) groups is 1. The van der Waals surface area contributed by atoms with E-state index in [0.29, 0.717) is 22.0 Å². The third kappa shape index (κ3) is 5.09. The number of carbonyl (C=O) groups is 1. The molecule has 0 aromatic heterocycles. The van der Waals surface area contributed by atoms with E-state index in [9.17, 15) is 4.79 Å². The molecular weight excluding hydrogens is 390 g/mol. The Balaban J connectivity index is 1.76. The summed E-state index contributed by atoms with van der Waals surface area (Å²) in [7, 11) is 1.64. The second kappa shape index (κ2) is 9.18. The molecule has 5 heteroatoms. The fourth-order valence-corrected chi connectivity index (χ4v) is 3.76. The second-order valence-electron chi connectivity index (χ2n) is 6.55. The third-order valence-corrected chi connectivity index (χ3v) is 5.86. The standard InChI is InChI=1S/C23H22ClNO2S/c1-15-4-9-20(10-5-15)28-14-18-12-17(7-11-22(18)27-3)23(26)25-19-8-6-16(2)21(24)13-19/h4-13H,14H2,1-3H3,(H,25,26). The van der Waals surface area contributed by atoms with Crippen LogP contribution in [0.25, 0.3) is 0 Å². The van der Waals surface area contributed by atoms with Gasteiger partial charge in [-0.3, -0.25) is 4.79 Å². The largest absolute Gasteiger partial charge is 0.496 e. The molecule has 28 heavy (non-hydrogen) atoms. The summed E-state index contributed by atoms with van der Waals surface area (Å²) < 4.78 is 5.47. The first-order chi connectivity index (χ1) is 13.5. The quantitative estimate of drug-likeness (QED) is 0.470. The minimum absolute atomic E-state index is 0.177. The number of nitrogens with one attached hydrogen (secondary N) is 1. The minimum Gasteiger partial charge on any atom is -0.496 e. The zero-order valence-electron chi connectivity index (χ0n) is 16.1. The van der Waals surface area contributed by atoms with Crippen LogP contribution >= 0.6 is 23.4 Å². The maximum atomic E-state index is 12.7. The predicted molar refractivity (Wildman–Crippen MR) is 118 cm³/mol. The maximum Gasteiger partial charge on any atom is 0.255 e. The molecule has 0 radical (unpaired) electrons. The molecule has 3 nitrogen and oxygen atoms in total. The number of methoxy groups -OCH3 is 1. The van der Waals surface area contributed by atoms with Gasteiger partial charge in [0.1, 0.15) is 5.75 Å². The van der Waals surface area contributed by atoms with Crippen LogP contribution in [-0.2, 0) is 5.75 Å². The molecule has 3 rings (SSSR count). The fourth-order valence-electron chi connectivity index (χ4n) is 2.70. The first-order valence-corrected chi connectivity index (χ1v) is 10.3. The Morgan fingerprint density at radius 3 is 2.46 bits per heavy atom. The number of rotatable bonds is 6. The molecule has 0 fully saturated rings. The number of ether oxygens (including phenoxy) is 1. The van der Waals surface area contributed by atoms with Gasteiger partial charge in [-0.25, -0.2) is 0 Å². The molecule has 3 aromatic carbocycles. The van der Waals surface area contributed by atoms with Crippen LogP contribution in [0.3, 0.4) is 0 Å². The summed E-state index contributed by atoms with van der Waals surface area (Å²) in [5.41, 5.74) is 4.43. The Labute approximate surface area is 175 Å². The second-order valence-corrected chi connectivity index (χ2v) is 8.00. The van der Waals surface area contributed by atoms with Gasteiger partial charge in [-0.2, -0.15) is 0 Å². The van der Waals surface area contributed by atoms with E-state index in [1.54, 1.807) is 31.0 Å². The van der Waals surface area contributed by atoms with E-state index in [2.05, 4.69) is 36.5 Å². The number of benzene rings is 3. The van der Waals surface area contributed by atoms with Crippen molar-refractivity contribution in [3.05, 3.63) is 87.9 Å². The highest BCUT2D eigenvalue weighted by Gasteiger charge is 2.12. The van der Waals surface area contributed by atoms with Crippen molar-refractivity contribution < 1.29 is 9.53 Å². The molecule has 1 amide bonds. The molecule has 0 spiro atoms. The number of anilines is 1. The fraction of sp³-hybridized carbons (Fsp3) is 0.174. The lowest BCUT2D eigenvalue weighted by atomic mass is 10.1. The third-order valence-electron chi connectivity index (χ3n) is 4.39. The molecule has 3 aromatic rings. The molecule has 0 bridgehead atoms. The molecule has 144 valence electrons. The van der Waals surface area contributed by atoms with E-state index in [1.807, 2.05) is 31.2 Å². The van der Waals surface area contributed by atoms with Crippen molar-refractivity contribution in [3.63, 3.8) is 0 Å². The van der Waals surface area contributed by atoms with Crippen LogP contribution in [0.1, 0.15) is 27.0 Å². The van der Waals surface area contributed by atoms with Crippen LogP contribution in [0.15, 0.2) is 65.6 Å². The van der Waals surface area contributed by atoms with Gasteiger partial charge in [-0.1, -0.05) is 35.4 Å². The molecule has 0 aliphatic carbocycles. The molecule has 0 aliphatic rings. The summed E-state index contributed by atoms with van der Waals surface area (Å²) in [5, 5.41) is 3.53. The van der Waals surface area contributed by atoms with Crippen molar-refractivity contribution in [2.24, 2.45) is 0 Å². The summed E-state index contributed by atoms with van der Waals surface area (Å²) in [4.78, 5) is 13.8. The van der Waals surface area contributed by atoms with Gasteiger partial charge in [-0.05, 0) is 61.9 Å². The molecule has 0 atom stereocenters. The summed E-state index contributed by atoms with van der Waals surface area (Å²) in [6.45, 7) is 4.00. The Kier molecular flexibility index (Phi) is 6.65. The number of aryl methyl sites for hydroxylation is 2. The van der Waals surface area contributed by atoms with Crippen molar-refractivity contribution in [1.82, 2.24) is 0 Å². The normalized spacial score (nSPS) is 10.6. The van der Waals surface area contributed by atoms with Gasteiger partial charge in [0.25, 0.3) is 5.91 Å².